The summed E-state index contributed by atoms with van der Waals surface area (Å²) in [5.41, 5.74) is 2.32. The van der Waals surface area contributed by atoms with Crippen molar-refractivity contribution in [1.29, 1.82) is 0 Å². The van der Waals surface area contributed by atoms with Crippen molar-refractivity contribution in [3.63, 3.8) is 0 Å². The third-order valence-electron chi connectivity index (χ3n) is 4.35. The van der Waals surface area contributed by atoms with E-state index in [-0.39, 0.29) is 11.2 Å². The van der Waals surface area contributed by atoms with E-state index in [2.05, 4.69) is 30.8 Å². The summed E-state index contributed by atoms with van der Waals surface area (Å²) in [4.78, 5) is 4.59. The highest BCUT2D eigenvalue weighted by molar-refractivity contribution is 6.33. The lowest BCUT2D eigenvalue weighted by Gasteiger charge is -2.32. The molecule has 1 N–H and O–H groups in total. The second-order valence-electron chi connectivity index (χ2n) is 5.46. The molecule has 4 heteroatoms. The van der Waals surface area contributed by atoms with Crippen molar-refractivity contribution < 1.29 is 5.11 Å². The van der Waals surface area contributed by atoms with Gasteiger partial charge < -0.3 is 10.0 Å². The molecule has 1 aromatic rings. The van der Waals surface area contributed by atoms with Gasteiger partial charge in [-0.05, 0) is 25.1 Å². The smallest absolute Gasteiger partial charge is 0.117 e. The van der Waals surface area contributed by atoms with Gasteiger partial charge in [-0.25, -0.2) is 0 Å². The summed E-state index contributed by atoms with van der Waals surface area (Å²) in [7, 11) is 4.23. The number of aromatic hydroxyl groups is 1. The van der Waals surface area contributed by atoms with Crippen molar-refractivity contribution in [3.8, 4) is 5.75 Å². The van der Waals surface area contributed by atoms with Crippen molar-refractivity contribution >= 4 is 17.3 Å². The van der Waals surface area contributed by atoms with Gasteiger partial charge >= 0.3 is 0 Å². The maximum atomic E-state index is 9.75. The van der Waals surface area contributed by atoms with Crippen LogP contribution in [0.4, 0.5) is 5.69 Å². The Kier molecular flexibility index (Phi) is 2.17. The molecule has 1 fully saturated rings. The SMILES string of the molecule is CN1CCC2(C)c3cc(O)cc(Cl)c3N(C)C12. The molecule has 2 aliphatic heterocycles. The van der Waals surface area contributed by atoms with Gasteiger partial charge in [-0.2, -0.15) is 0 Å². The van der Waals surface area contributed by atoms with Crippen LogP contribution in [-0.2, 0) is 5.41 Å². The van der Waals surface area contributed by atoms with Gasteiger partial charge in [0.05, 0.1) is 16.9 Å². The van der Waals surface area contributed by atoms with Crippen molar-refractivity contribution in [1.82, 2.24) is 4.90 Å². The van der Waals surface area contributed by atoms with Gasteiger partial charge in [0.15, 0.2) is 0 Å². The summed E-state index contributed by atoms with van der Waals surface area (Å²) in [6.07, 6.45) is 1.45. The Morgan fingerprint density at radius 3 is 2.82 bits per heavy atom. The number of benzene rings is 1. The molecule has 0 aliphatic carbocycles. The summed E-state index contributed by atoms with van der Waals surface area (Å²) in [5, 5.41) is 10.4. The van der Waals surface area contributed by atoms with Gasteiger partial charge in [0, 0.05) is 25.1 Å². The van der Waals surface area contributed by atoms with Crippen molar-refractivity contribution in [2.24, 2.45) is 0 Å². The first-order valence-corrected chi connectivity index (χ1v) is 6.29. The van der Waals surface area contributed by atoms with Crippen LogP contribution in [0.3, 0.4) is 0 Å². The second-order valence-corrected chi connectivity index (χ2v) is 5.86. The number of hydrogen-bond donors (Lipinski definition) is 1. The van der Waals surface area contributed by atoms with Gasteiger partial charge in [0.25, 0.3) is 0 Å². The van der Waals surface area contributed by atoms with Crippen LogP contribution in [0, 0.1) is 0 Å². The zero-order chi connectivity index (χ0) is 12.4. The maximum absolute atomic E-state index is 9.75. The summed E-state index contributed by atoms with van der Waals surface area (Å²) in [5.74, 6) is 0.263. The molecule has 2 heterocycles. The number of anilines is 1. The molecule has 3 rings (SSSR count). The minimum absolute atomic E-state index is 0.0706. The molecular weight excluding hydrogens is 236 g/mol. The van der Waals surface area contributed by atoms with Crippen molar-refractivity contribution in [3.05, 3.63) is 22.7 Å². The van der Waals surface area contributed by atoms with Gasteiger partial charge in [0.2, 0.25) is 0 Å². The lowest BCUT2D eigenvalue weighted by atomic mass is 9.81. The number of fused-ring (bicyclic) bond motifs is 3. The fourth-order valence-corrected chi connectivity index (χ4v) is 3.99. The Labute approximate surface area is 107 Å². The predicted octanol–water partition coefficient (Wildman–Crippen LogP) is 2.41. The molecule has 0 spiro atoms. The lowest BCUT2D eigenvalue weighted by Crippen LogP contribution is -2.45. The van der Waals surface area contributed by atoms with Crippen LogP contribution in [0.25, 0.3) is 0 Å². The van der Waals surface area contributed by atoms with Crippen molar-refractivity contribution in [2.45, 2.75) is 24.9 Å². The summed E-state index contributed by atoms with van der Waals surface area (Å²) < 4.78 is 0. The topological polar surface area (TPSA) is 26.7 Å². The Morgan fingerprint density at radius 2 is 2.12 bits per heavy atom. The molecule has 0 saturated carbocycles. The molecule has 2 aliphatic rings. The van der Waals surface area contributed by atoms with E-state index in [0.717, 1.165) is 18.7 Å². The number of nitrogens with zero attached hydrogens (tertiary/aromatic N) is 2. The van der Waals surface area contributed by atoms with E-state index in [4.69, 9.17) is 11.6 Å². The van der Waals surface area contributed by atoms with Crippen LogP contribution >= 0.6 is 11.6 Å². The molecule has 1 aromatic carbocycles. The summed E-state index contributed by atoms with van der Waals surface area (Å²) in [6, 6.07) is 3.50. The van der Waals surface area contributed by atoms with E-state index in [1.807, 2.05) is 6.07 Å². The normalized spacial score (nSPS) is 31.8. The Bertz CT molecular complexity index is 491. The molecule has 0 bridgehead atoms. The molecule has 0 amide bonds. The van der Waals surface area contributed by atoms with Crippen LogP contribution in [0.5, 0.6) is 5.75 Å². The van der Waals surface area contributed by atoms with Crippen LogP contribution in [0.2, 0.25) is 5.02 Å². The van der Waals surface area contributed by atoms with Crippen LogP contribution in [0.1, 0.15) is 18.9 Å². The first-order valence-electron chi connectivity index (χ1n) is 5.91. The number of phenols is 1. The predicted molar refractivity (Wildman–Crippen MR) is 69.9 cm³/mol. The molecule has 0 aromatic heterocycles. The second kappa shape index (κ2) is 3.30. The Balaban J connectivity index is 2.25. The summed E-state index contributed by atoms with van der Waals surface area (Å²) in [6.45, 7) is 3.34. The number of hydrogen-bond acceptors (Lipinski definition) is 3. The van der Waals surface area contributed by atoms with Gasteiger partial charge in [-0.3, -0.25) is 4.90 Å². The molecule has 2 unspecified atom stereocenters. The van der Waals surface area contributed by atoms with E-state index < -0.39 is 0 Å². The van der Waals surface area contributed by atoms with Gasteiger partial charge in [0.1, 0.15) is 5.75 Å². The largest absolute Gasteiger partial charge is 0.508 e. The highest BCUT2D eigenvalue weighted by Gasteiger charge is 2.52. The minimum Gasteiger partial charge on any atom is -0.508 e. The molecular formula is C13H17ClN2O. The zero-order valence-corrected chi connectivity index (χ0v) is 11.1. The number of phenolic OH excluding ortho intramolecular Hbond substituents is 1. The molecule has 0 radical (unpaired) electrons. The number of rotatable bonds is 0. The molecule has 1 saturated heterocycles. The highest BCUT2D eigenvalue weighted by Crippen LogP contribution is 2.54. The molecule has 92 valence electrons. The highest BCUT2D eigenvalue weighted by atomic mass is 35.5. The van der Waals surface area contributed by atoms with Crippen molar-refractivity contribution in [2.75, 3.05) is 25.5 Å². The van der Waals surface area contributed by atoms with Gasteiger partial charge in [-0.15, -0.1) is 0 Å². The number of likely N-dealkylation sites (tertiary alicyclic amines) is 1. The van der Waals surface area contributed by atoms with Crippen LogP contribution < -0.4 is 4.90 Å². The van der Waals surface area contributed by atoms with Crippen LogP contribution in [-0.4, -0.2) is 36.8 Å². The minimum atomic E-state index is 0.0706. The first-order chi connectivity index (χ1) is 7.95. The average molecular weight is 253 g/mol. The average Bonchev–Trinajstić information content (AvgIpc) is 2.64. The first kappa shape index (κ1) is 11.2. The Morgan fingerprint density at radius 1 is 1.41 bits per heavy atom. The fourth-order valence-electron chi connectivity index (χ4n) is 3.64. The number of likely N-dealkylation sites (N-methyl/N-ethyl adjacent to an activating group) is 2. The van der Waals surface area contributed by atoms with E-state index in [9.17, 15) is 5.11 Å². The number of halogens is 1. The standard InChI is InChI=1S/C13H17ClN2O/c1-13-4-5-15(2)12(13)16(3)11-9(13)6-8(17)7-10(11)14/h6-7,12,17H,4-5H2,1-3H3. The third kappa shape index (κ3) is 1.27. The van der Waals surface area contributed by atoms with E-state index in [1.54, 1.807) is 6.07 Å². The van der Waals surface area contributed by atoms with E-state index >= 15 is 0 Å². The Hall–Kier alpha value is -0.930. The quantitative estimate of drug-likeness (QED) is 0.768. The zero-order valence-electron chi connectivity index (χ0n) is 10.4. The van der Waals surface area contributed by atoms with E-state index in [0.29, 0.717) is 11.2 Å². The molecule has 17 heavy (non-hydrogen) atoms. The van der Waals surface area contributed by atoms with Crippen LogP contribution in [0.15, 0.2) is 12.1 Å². The molecule has 2 atom stereocenters. The van der Waals surface area contributed by atoms with E-state index in [1.165, 1.54) is 5.56 Å². The fraction of sp³-hybridized carbons (Fsp3) is 0.538. The third-order valence-corrected chi connectivity index (χ3v) is 4.64. The monoisotopic (exact) mass is 252 g/mol. The lowest BCUT2D eigenvalue weighted by molar-refractivity contribution is 0.268. The molecule has 3 nitrogen and oxygen atoms in total. The maximum Gasteiger partial charge on any atom is 0.117 e. The summed E-state index contributed by atoms with van der Waals surface area (Å²) >= 11 is 6.27. The van der Waals surface area contributed by atoms with Gasteiger partial charge in [-0.1, -0.05) is 18.5 Å².